The van der Waals surface area contributed by atoms with E-state index in [0.29, 0.717) is 22.4 Å². The highest BCUT2D eigenvalue weighted by Gasteiger charge is 2.12. The highest BCUT2D eigenvalue weighted by atomic mass is 35.5. The highest BCUT2D eigenvalue weighted by molar-refractivity contribution is 6.37. The van der Waals surface area contributed by atoms with Gasteiger partial charge < -0.3 is 15.4 Å². The van der Waals surface area contributed by atoms with Crippen LogP contribution in [0.2, 0.25) is 10.0 Å². The van der Waals surface area contributed by atoms with Gasteiger partial charge in [0.15, 0.2) is 5.75 Å². The van der Waals surface area contributed by atoms with Gasteiger partial charge in [0.1, 0.15) is 0 Å². The average Bonchev–Trinajstić information content (AvgIpc) is 2.45. The van der Waals surface area contributed by atoms with Gasteiger partial charge in [0.2, 0.25) is 0 Å². The molecule has 24 heavy (non-hydrogen) atoms. The molecule has 0 aliphatic carbocycles. The molecule has 0 bridgehead atoms. The monoisotopic (exact) mass is 392 g/mol. The Balaban J connectivity index is 0.00000529. The van der Waals surface area contributed by atoms with Crippen LogP contribution < -0.4 is 15.4 Å². The summed E-state index contributed by atoms with van der Waals surface area (Å²) in [6.45, 7) is 10.3. The topological polar surface area (TPSA) is 38.5 Å². The minimum atomic E-state index is -0.451. The van der Waals surface area contributed by atoms with Crippen LogP contribution >= 0.6 is 35.6 Å². The molecule has 0 radical (unpaired) electrons. The normalized spacial score (nSPS) is 10.5. The molecule has 0 spiro atoms. The molecule has 0 amide bonds. The van der Waals surface area contributed by atoms with Gasteiger partial charge in [-0.3, -0.25) is 0 Å². The summed E-state index contributed by atoms with van der Waals surface area (Å²) in [5.74, 6) is 6.58. The molecule has 136 valence electrons. The molecule has 0 saturated carbocycles. The zero-order valence-corrected chi connectivity index (χ0v) is 17.1. The fourth-order valence-corrected chi connectivity index (χ4v) is 2.67. The Labute approximate surface area is 162 Å². The number of unbranched alkanes of at least 4 members (excludes halogenated alkanes) is 1. The second-order valence-corrected chi connectivity index (χ2v) is 6.70. The van der Waals surface area contributed by atoms with E-state index in [2.05, 4.69) is 30.6 Å². The summed E-state index contributed by atoms with van der Waals surface area (Å²) in [7, 11) is 0. The molecule has 2 N–H and O–H groups in total. The quantitative estimate of drug-likeness (QED) is 0.513. The summed E-state index contributed by atoms with van der Waals surface area (Å²) in [6, 6.07) is 3.79. The van der Waals surface area contributed by atoms with Crippen LogP contribution in [0.5, 0.6) is 5.75 Å². The molecule has 0 aromatic heterocycles. The lowest BCUT2D eigenvalue weighted by molar-refractivity contribution is 0.313. The predicted molar refractivity (Wildman–Crippen MR) is 108 cm³/mol. The van der Waals surface area contributed by atoms with Gasteiger partial charge in [-0.25, -0.2) is 0 Å². The number of ether oxygens (including phenoxy) is 1. The van der Waals surface area contributed by atoms with E-state index in [-0.39, 0.29) is 12.4 Å². The van der Waals surface area contributed by atoms with Gasteiger partial charge in [-0.15, -0.1) is 18.3 Å². The molecule has 0 heterocycles. The second-order valence-electron chi connectivity index (χ2n) is 5.89. The van der Waals surface area contributed by atoms with Crippen LogP contribution in [-0.4, -0.2) is 25.2 Å². The molecule has 0 fully saturated rings. The number of nitrogens with zero attached hydrogens (tertiary/aromatic N) is 1. The predicted octanol–water partition coefficient (Wildman–Crippen LogP) is 5.16. The Morgan fingerprint density at radius 1 is 1.17 bits per heavy atom. The first-order valence-electron chi connectivity index (χ1n) is 7.94. The van der Waals surface area contributed by atoms with Crippen LogP contribution in [0.1, 0.15) is 40.5 Å². The third-order valence-electron chi connectivity index (χ3n) is 3.21. The number of hydrogen-bond donors (Lipinski definition) is 1. The summed E-state index contributed by atoms with van der Waals surface area (Å²) >= 11 is 12.6. The molecule has 6 heteroatoms. The fourth-order valence-electron chi connectivity index (χ4n) is 2.08. The fraction of sp³-hybridized carbons (Fsp3) is 0.556. The minimum absolute atomic E-state index is 0. The summed E-state index contributed by atoms with van der Waals surface area (Å²) in [5, 5.41) is 1.07. The van der Waals surface area contributed by atoms with Gasteiger partial charge in [0, 0.05) is 25.2 Å². The van der Waals surface area contributed by atoms with Gasteiger partial charge >= 0.3 is 0 Å². The molecule has 3 nitrogen and oxygen atoms in total. The number of anilines is 1. The van der Waals surface area contributed by atoms with Crippen molar-refractivity contribution < 1.29 is 4.74 Å². The Bertz CT molecular complexity index is 547. The van der Waals surface area contributed by atoms with Crippen molar-refractivity contribution in [1.29, 1.82) is 0 Å². The zero-order chi connectivity index (χ0) is 17.5. The lowest BCUT2D eigenvalue weighted by atomic mass is 10.1. The van der Waals surface area contributed by atoms with Crippen LogP contribution in [0.25, 0.3) is 0 Å². The smallest absolute Gasteiger partial charge is 0.156 e. The van der Waals surface area contributed by atoms with Crippen LogP contribution in [0.4, 0.5) is 5.69 Å². The van der Waals surface area contributed by atoms with E-state index in [1.165, 1.54) is 0 Å². The first-order valence-corrected chi connectivity index (χ1v) is 8.69. The minimum Gasteiger partial charge on any atom is -0.490 e. The number of benzene rings is 1. The van der Waals surface area contributed by atoms with Gasteiger partial charge in [-0.05, 0) is 46.2 Å². The maximum absolute atomic E-state index is 6.31. The summed E-state index contributed by atoms with van der Waals surface area (Å²) in [4.78, 5) is 2.19. The van der Waals surface area contributed by atoms with Crippen molar-refractivity contribution in [3.63, 3.8) is 0 Å². The van der Waals surface area contributed by atoms with Crippen molar-refractivity contribution in [2.45, 2.75) is 46.1 Å². The van der Waals surface area contributed by atoms with E-state index < -0.39 is 5.54 Å². The first kappa shape index (κ1) is 23.2. The zero-order valence-electron chi connectivity index (χ0n) is 14.8. The second kappa shape index (κ2) is 10.9. The van der Waals surface area contributed by atoms with Crippen molar-refractivity contribution in [1.82, 2.24) is 0 Å². The first-order chi connectivity index (χ1) is 10.8. The van der Waals surface area contributed by atoms with Gasteiger partial charge in [-0.2, -0.15) is 0 Å². The molecule has 1 rings (SSSR count). The Hall–Kier alpha value is -0.790. The van der Waals surface area contributed by atoms with Gasteiger partial charge in [0.05, 0.1) is 22.2 Å². The molecule has 0 atom stereocenters. The molecular weight excluding hydrogens is 367 g/mol. The van der Waals surface area contributed by atoms with Gasteiger partial charge in [0.25, 0.3) is 0 Å². The average molecular weight is 394 g/mol. The SMILES string of the molecule is CCN(CC)c1cc(Cl)c(OCCCC#CC(C)(C)N)c(Cl)c1.Cl. The van der Waals surface area contributed by atoms with E-state index in [0.717, 1.165) is 31.6 Å². The van der Waals surface area contributed by atoms with Crippen LogP contribution in [0, 0.1) is 11.8 Å². The Morgan fingerprint density at radius 2 is 1.71 bits per heavy atom. The third kappa shape index (κ3) is 7.85. The van der Waals surface area contributed by atoms with Crippen molar-refractivity contribution in [3.8, 4) is 17.6 Å². The van der Waals surface area contributed by atoms with Crippen molar-refractivity contribution >= 4 is 41.3 Å². The third-order valence-corrected chi connectivity index (χ3v) is 3.78. The van der Waals surface area contributed by atoms with E-state index in [1.807, 2.05) is 26.0 Å². The standard InChI is InChI=1S/C18H26Cl2N2O.ClH/c1-5-22(6-2)14-12-15(19)17(16(20)13-14)23-11-9-7-8-10-18(3,4)21;/h12-13H,5-7,9,11,21H2,1-4H3;1H. The molecule has 0 unspecified atom stereocenters. The lowest BCUT2D eigenvalue weighted by Crippen LogP contribution is -2.29. The van der Waals surface area contributed by atoms with E-state index in [1.54, 1.807) is 0 Å². The molecule has 0 aliphatic heterocycles. The van der Waals surface area contributed by atoms with Crippen LogP contribution in [0.15, 0.2) is 12.1 Å². The lowest BCUT2D eigenvalue weighted by Gasteiger charge is -2.22. The largest absolute Gasteiger partial charge is 0.490 e. The summed E-state index contributed by atoms with van der Waals surface area (Å²) < 4.78 is 5.72. The van der Waals surface area contributed by atoms with Crippen LogP contribution in [-0.2, 0) is 0 Å². The number of halogens is 3. The van der Waals surface area contributed by atoms with Gasteiger partial charge in [-0.1, -0.05) is 29.1 Å². The Kier molecular flexibility index (Phi) is 10.6. The summed E-state index contributed by atoms with van der Waals surface area (Å²) in [6.07, 6.45) is 1.53. The van der Waals surface area contributed by atoms with Crippen LogP contribution in [0.3, 0.4) is 0 Å². The van der Waals surface area contributed by atoms with E-state index in [4.69, 9.17) is 33.7 Å². The molecular formula is C18H27Cl3N2O. The van der Waals surface area contributed by atoms with E-state index in [9.17, 15) is 0 Å². The van der Waals surface area contributed by atoms with Crippen molar-refractivity contribution in [2.75, 3.05) is 24.6 Å². The maximum Gasteiger partial charge on any atom is 0.156 e. The maximum atomic E-state index is 6.31. The number of rotatable bonds is 7. The number of hydrogen-bond acceptors (Lipinski definition) is 3. The number of nitrogens with two attached hydrogens (primary N) is 1. The van der Waals surface area contributed by atoms with Crippen molar-refractivity contribution in [2.24, 2.45) is 5.73 Å². The molecule has 0 aliphatic rings. The molecule has 1 aromatic rings. The summed E-state index contributed by atoms with van der Waals surface area (Å²) in [5.41, 5.74) is 6.36. The molecule has 1 aromatic carbocycles. The highest BCUT2D eigenvalue weighted by Crippen LogP contribution is 2.37. The van der Waals surface area contributed by atoms with E-state index >= 15 is 0 Å². The molecule has 0 saturated heterocycles. The Morgan fingerprint density at radius 3 is 2.17 bits per heavy atom. The van der Waals surface area contributed by atoms with Crippen molar-refractivity contribution in [3.05, 3.63) is 22.2 Å².